The van der Waals surface area contributed by atoms with Crippen molar-refractivity contribution in [3.05, 3.63) is 42.6 Å². The second-order valence-corrected chi connectivity index (χ2v) is 9.98. The molecular weight excluding hydrogens is 388 g/mol. The number of rotatable bonds is 5. The fourth-order valence-corrected chi connectivity index (χ4v) is 6.76. The van der Waals surface area contributed by atoms with Crippen molar-refractivity contribution in [3.8, 4) is 17.0 Å². The standard InChI is InChI=1S/C25H28N4O2/c1-31-22-5-4-19-9-21(3-2-20(19)10-22)23-14-29(28-27-23)15-24(30)26-25-11-16-6-17(12-25)8-18(7-16)13-25/h2-5,9-10,14,16-18H,6-8,11-13,15H2,1H3,(H,26,30). The van der Waals surface area contributed by atoms with Gasteiger partial charge in [0.2, 0.25) is 5.91 Å². The fourth-order valence-electron chi connectivity index (χ4n) is 6.76. The van der Waals surface area contributed by atoms with Crippen LogP contribution in [0.4, 0.5) is 0 Å². The largest absolute Gasteiger partial charge is 0.497 e. The van der Waals surface area contributed by atoms with Crippen molar-refractivity contribution in [3.63, 3.8) is 0 Å². The summed E-state index contributed by atoms with van der Waals surface area (Å²) in [6.45, 7) is 0.222. The number of amides is 1. The number of methoxy groups -OCH3 is 1. The Morgan fingerprint density at radius 2 is 1.74 bits per heavy atom. The molecule has 1 amide bonds. The zero-order valence-electron chi connectivity index (χ0n) is 17.9. The van der Waals surface area contributed by atoms with Crippen LogP contribution >= 0.6 is 0 Å². The highest BCUT2D eigenvalue weighted by Crippen LogP contribution is 2.55. The van der Waals surface area contributed by atoms with E-state index >= 15 is 0 Å². The minimum Gasteiger partial charge on any atom is -0.497 e. The first-order chi connectivity index (χ1) is 15.1. The second kappa shape index (κ2) is 7.08. The molecular formula is C25H28N4O2. The number of carbonyl (C=O) groups is 1. The Morgan fingerprint density at radius 3 is 2.45 bits per heavy atom. The van der Waals surface area contributed by atoms with Crippen LogP contribution in [0.15, 0.2) is 42.6 Å². The van der Waals surface area contributed by atoms with Gasteiger partial charge >= 0.3 is 0 Å². The molecule has 0 spiro atoms. The first-order valence-corrected chi connectivity index (χ1v) is 11.4. The summed E-state index contributed by atoms with van der Waals surface area (Å²) < 4.78 is 6.96. The molecule has 2 aromatic carbocycles. The minimum atomic E-state index is 0.0364. The molecule has 4 bridgehead atoms. The number of nitrogens with zero attached hydrogens (tertiary/aromatic N) is 3. The molecule has 6 nitrogen and oxygen atoms in total. The van der Waals surface area contributed by atoms with Crippen molar-refractivity contribution in [2.24, 2.45) is 17.8 Å². The summed E-state index contributed by atoms with van der Waals surface area (Å²) in [5, 5.41) is 14.2. The highest BCUT2D eigenvalue weighted by Gasteiger charge is 2.51. The zero-order valence-corrected chi connectivity index (χ0v) is 17.9. The third-order valence-electron chi connectivity index (χ3n) is 7.63. The maximum absolute atomic E-state index is 12.9. The van der Waals surface area contributed by atoms with Gasteiger partial charge in [0.15, 0.2) is 0 Å². The van der Waals surface area contributed by atoms with Gasteiger partial charge < -0.3 is 10.1 Å². The molecule has 0 atom stereocenters. The van der Waals surface area contributed by atoms with Crippen LogP contribution in [0.3, 0.4) is 0 Å². The van der Waals surface area contributed by atoms with Crippen LogP contribution in [0.5, 0.6) is 5.75 Å². The first kappa shape index (κ1) is 18.8. The molecule has 0 aliphatic heterocycles. The summed E-state index contributed by atoms with van der Waals surface area (Å²) in [5.74, 6) is 3.35. The molecule has 1 N–H and O–H groups in total. The van der Waals surface area contributed by atoms with Gasteiger partial charge in [-0.25, -0.2) is 4.68 Å². The average molecular weight is 417 g/mol. The minimum absolute atomic E-state index is 0.0364. The SMILES string of the molecule is COc1ccc2cc(-c3cn(CC(=O)NC45CC6CC(CC(C6)C4)C5)nn3)ccc2c1. The van der Waals surface area contributed by atoms with Gasteiger partial charge in [-0.05, 0) is 85.3 Å². The van der Waals surface area contributed by atoms with Gasteiger partial charge in [0.25, 0.3) is 0 Å². The maximum atomic E-state index is 12.9. The lowest BCUT2D eigenvalue weighted by atomic mass is 9.53. The number of ether oxygens (including phenoxy) is 1. The van der Waals surface area contributed by atoms with Gasteiger partial charge in [-0.2, -0.15) is 0 Å². The van der Waals surface area contributed by atoms with Crippen molar-refractivity contribution < 1.29 is 9.53 Å². The van der Waals surface area contributed by atoms with Crippen LogP contribution in [0, 0.1) is 17.8 Å². The Balaban J connectivity index is 1.16. The molecule has 4 aliphatic rings. The Bertz CT molecular complexity index is 1120. The number of hydrogen-bond acceptors (Lipinski definition) is 4. The van der Waals surface area contributed by atoms with E-state index < -0.39 is 0 Å². The van der Waals surface area contributed by atoms with Gasteiger partial charge in [-0.15, -0.1) is 5.10 Å². The fraction of sp³-hybridized carbons (Fsp3) is 0.480. The van der Waals surface area contributed by atoms with Crippen molar-refractivity contribution in [1.29, 1.82) is 0 Å². The van der Waals surface area contributed by atoms with E-state index in [1.54, 1.807) is 11.8 Å². The molecule has 31 heavy (non-hydrogen) atoms. The van der Waals surface area contributed by atoms with E-state index in [1.807, 2.05) is 30.5 Å². The predicted octanol–water partition coefficient (Wildman–Crippen LogP) is 4.19. The van der Waals surface area contributed by atoms with E-state index in [4.69, 9.17) is 4.74 Å². The zero-order chi connectivity index (χ0) is 21.0. The molecule has 6 heteroatoms. The molecule has 7 rings (SSSR count). The van der Waals surface area contributed by atoms with Gasteiger partial charge in [0, 0.05) is 11.1 Å². The van der Waals surface area contributed by atoms with Crippen molar-refractivity contribution in [2.75, 3.05) is 7.11 Å². The number of hydrogen-bond donors (Lipinski definition) is 1. The number of nitrogens with one attached hydrogen (secondary N) is 1. The molecule has 0 saturated heterocycles. The first-order valence-electron chi connectivity index (χ1n) is 11.4. The number of fused-ring (bicyclic) bond motifs is 1. The summed E-state index contributed by atoms with van der Waals surface area (Å²) in [6.07, 6.45) is 9.48. The summed E-state index contributed by atoms with van der Waals surface area (Å²) in [4.78, 5) is 12.9. The van der Waals surface area contributed by atoms with Crippen LogP contribution in [-0.2, 0) is 11.3 Å². The summed E-state index contributed by atoms with van der Waals surface area (Å²) >= 11 is 0. The van der Waals surface area contributed by atoms with Gasteiger partial charge in [0.05, 0.1) is 13.3 Å². The highest BCUT2D eigenvalue weighted by molar-refractivity contribution is 5.87. The van der Waals surface area contributed by atoms with Crippen LogP contribution in [0.2, 0.25) is 0 Å². The van der Waals surface area contributed by atoms with Crippen molar-refractivity contribution >= 4 is 16.7 Å². The Kier molecular flexibility index (Phi) is 4.30. The predicted molar refractivity (Wildman–Crippen MR) is 119 cm³/mol. The summed E-state index contributed by atoms with van der Waals surface area (Å²) in [5.41, 5.74) is 1.81. The van der Waals surface area contributed by atoms with E-state index in [1.165, 1.54) is 19.3 Å². The van der Waals surface area contributed by atoms with Crippen LogP contribution < -0.4 is 10.1 Å². The lowest BCUT2D eigenvalue weighted by molar-refractivity contribution is -0.127. The van der Waals surface area contributed by atoms with Crippen LogP contribution in [-0.4, -0.2) is 33.5 Å². The Hall–Kier alpha value is -2.89. The third-order valence-corrected chi connectivity index (χ3v) is 7.63. The quantitative estimate of drug-likeness (QED) is 0.677. The van der Waals surface area contributed by atoms with Gasteiger partial charge in [-0.3, -0.25) is 4.79 Å². The van der Waals surface area contributed by atoms with E-state index in [0.717, 1.165) is 64.8 Å². The summed E-state index contributed by atoms with van der Waals surface area (Å²) in [6, 6.07) is 12.2. The number of benzene rings is 2. The molecule has 1 aromatic heterocycles. The monoisotopic (exact) mass is 416 g/mol. The van der Waals surface area contributed by atoms with Gasteiger partial charge in [0.1, 0.15) is 18.0 Å². The smallest absolute Gasteiger partial charge is 0.242 e. The van der Waals surface area contributed by atoms with Crippen LogP contribution in [0.25, 0.3) is 22.0 Å². The van der Waals surface area contributed by atoms with E-state index in [9.17, 15) is 4.79 Å². The van der Waals surface area contributed by atoms with Crippen molar-refractivity contribution in [2.45, 2.75) is 50.6 Å². The molecule has 4 aliphatic carbocycles. The maximum Gasteiger partial charge on any atom is 0.242 e. The molecule has 1 heterocycles. The van der Waals surface area contributed by atoms with E-state index in [-0.39, 0.29) is 18.0 Å². The molecule has 160 valence electrons. The van der Waals surface area contributed by atoms with Crippen LogP contribution in [0.1, 0.15) is 38.5 Å². The molecule has 0 radical (unpaired) electrons. The molecule has 0 unspecified atom stereocenters. The van der Waals surface area contributed by atoms with Crippen molar-refractivity contribution in [1.82, 2.24) is 20.3 Å². The molecule has 4 fully saturated rings. The normalized spacial score (nSPS) is 28.7. The Morgan fingerprint density at radius 1 is 1.06 bits per heavy atom. The molecule has 3 aromatic rings. The van der Waals surface area contributed by atoms with E-state index in [2.05, 4.69) is 27.8 Å². The highest BCUT2D eigenvalue weighted by atomic mass is 16.5. The average Bonchev–Trinajstić information content (AvgIpc) is 3.19. The van der Waals surface area contributed by atoms with Gasteiger partial charge in [-0.1, -0.05) is 23.4 Å². The summed E-state index contributed by atoms with van der Waals surface area (Å²) in [7, 11) is 1.67. The van der Waals surface area contributed by atoms with E-state index in [0.29, 0.717) is 0 Å². The number of carbonyl (C=O) groups excluding carboxylic acids is 1. The third kappa shape index (κ3) is 3.48. The second-order valence-electron chi connectivity index (χ2n) is 9.98. The Labute approximate surface area is 182 Å². The lowest BCUT2D eigenvalue weighted by Gasteiger charge is -2.56. The lowest BCUT2D eigenvalue weighted by Crippen LogP contribution is -2.60. The number of aromatic nitrogens is 3. The topological polar surface area (TPSA) is 69.0 Å². The molecule has 4 saturated carbocycles.